The Morgan fingerprint density at radius 2 is 2.44 bits per heavy atom. The number of carboxylic acids is 1. The normalized spacial score (nSPS) is 24.1. The second kappa shape index (κ2) is 6.00. The van der Waals surface area contributed by atoms with Crippen molar-refractivity contribution in [1.82, 2.24) is 15.1 Å². The lowest BCUT2D eigenvalue weighted by Gasteiger charge is -2.27. The van der Waals surface area contributed by atoms with Crippen molar-refractivity contribution in [2.24, 2.45) is 13.0 Å². The number of carbonyl (C=O) groups is 1. The molecule has 100 valence electrons. The van der Waals surface area contributed by atoms with E-state index >= 15 is 0 Å². The molecule has 0 spiro atoms. The van der Waals surface area contributed by atoms with E-state index in [0.717, 1.165) is 38.6 Å². The minimum atomic E-state index is -0.645. The average Bonchev–Trinajstić information content (AvgIpc) is 2.76. The van der Waals surface area contributed by atoms with Crippen LogP contribution >= 0.6 is 0 Å². The van der Waals surface area contributed by atoms with Gasteiger partial charge in [0.1, 0.15) is 0 Å². The van der Waals surface area contributed by atoms with Gasteiger partial charge in [-0.15, -0.1) is 0 Å². The van der Waals surface area contributed by atoms with Gasteiger partial charge in [-0.1, -0.05) is 6.42 Å². The number of hydrogen-bond donors (Lipinski definition) is 2. The summed E-state index contributed by atoms with van der Waals surface area (Å²) in [6.45, 7) is 0.885. The van der Waals surface area contributed by atoms with Crippen LogP contribution in [0.3, 0.4) is 0 Å². The van der Waals surface area contributed by atoms with Gasteiger partial charge in [-0.3, -0.25) is 9.48 Å². The predicted octanol–water partition coefficient (Wildman–Crippen LogP) is 1.20. The predicted molar refractivity (Wildman–Crippen MR) is 68.3 cm³/mol. The van der Waals surface area contributed by atoms with E-state index in [1.54, 1.807) is 6.20 Å². The zero-order chi connectivity index (χ0) is 13.0. The minimum absolute atomic E-state index is 0.159. The van der Waals surface area contributed by atoms with Gasteiger partial charge in [0.25, 0.3) is 0 Å². The molecule has 0 aromatic carbocycles. The van der Waals surface area contributed by atoms with Gasteiger partial charge < -0.3 is 10.4 Å². The van der Waals surface area contributed by atoms with E-state index in [2.05, 4.69) is 10.4 Å². The third-order valence-corrected chi connectivity index (χ3v) is 3.76. The smallest absolute Gasteiger partial charge is 0.306 e. The minimum Gasteiger partial charge on any atom is -0.481 e. The fraction of sp³-hybridized carbons (Fsp3) is 0.692. The van der Waals surface area contributed by atoms with E-state index in [0.29, 0.717) is 6.04 Å². The first-order valence-corrected chi connectivity index (χ1v) is 6.60. The largest absolute Gasteiger partial charge is 0.481 e. The van der Waals surface area contributed by atoms with Gasteiger partial charge in [0.05, 0.1) is 5.92 Å². The quantitative estimate of drug-likeness (QED) is 0.825. The Morgan fingerprint density at radius 3 is 3.11 bits per heavy atom. The highest BCUT2D eigenvalue weighted by molar-refractivity contribution is 5.70. The van der Waals surface area contributed by atoms with Crippen molar-refractivity contribution < 1.29 is 9.90 Å². The van der Waals surface area contributed by atoms with Gasteiger partial charge in [-0.25, -0.2) is 0 Å². The summed E-state index contributed by atoms with van der Waals surface area (Å²) in [6.07, 6.45) is 6.44. The fourth-order valence-electron chi connectivity index (χ4n) is 2.65. The van der Waals surface area contributed by atoms with Crippen molar-refractivity contribution in [3.8, 4) is 0 Å². The van der Waals surface area contributed by atoms with Crippen LogP contribution in [0.5, 0.6) is 0 Å². The number of rotatable bonds is 5. The molecule has 0 aliphatic heterocycles. The lowest BCUT2D eigenvalue weighted by Crippen LogP contribution is -2.37. The summed E-state index contributed by atoms with van der Waals surface area (Å²) in [5, 5.41) is 16.6. The van der Waals surface area contributed by atoms with Gasteiger partial charge in [0.15, 0.2) is 0 Å². The lowest BCUT2D eigenvalue weighted by molar-refractivity contribution is -0.143. The molecule has 5 nitrogen and oxygen atoms in total. The number of aliphatic carboxylic acids is 1. The molecular weight excluding hydrogens is 230 g/mol. The van der Waals surface area contributed by atoms with Gasteiger partial charge in [-0.05, 0) is 25.3 Å². The first-order valence-electron chi connectivity index (χ1n) is 6.60. The molecule has 1 fully saturated rings. The van der Waals surface area contributed by atoms with Crippen molar-refractivity contribution in [3.63, 3.8) is 0 Å². The zero-order valence-electron chi connectivity index (χ0n) is 10.8. The molecule has 2 unspecified atom stereocenters. The standard InChI is InChI=1S/C13H21N3O2/c1-16-12(6-8-15-16)5-7-14-11-4-2-3-10(9-11)13(17)18/h6,8,10-11,14H,2-5,7,9H2,1H3,(H,17,18). The van der Waals surface area contributed by atoms with Gasteiger partial charge in [0.2, 0.25) is 0 Å². The number of hydrogen-bond acceptors (Lipinski definition) is 3. The molecule has 0 amide bonds. The highest BCUT2D eigenvalue weighted by Crippen LogP contribution is 2.24. The van der Waals surface area contributed by atoms with E-state index in [4.69, 9.17) is 5.11 Å². The van der Waals surface area contributed by atoms with E-state index in [1.807, 2.05) is 17.8 Å². The second-order valence-electron chi connectivity index (χ2n) is 5.05. The molecule has 0 radical (unpaired) electrons. The van der Waals surface area contributed by atoms with Crippen molar-refractivity contribution >= 4 is 5.97 Å². The summed E-state index contributed by atoms with van der Waals surface area (Å²) in [7, 11) is 1.94. The Morgan fingerprint density at radius 1 is 1.61 bits per heavy atom. The molecule has 1 saturated carbocycles. The van der Waals surface area contributed by atoms with Crippen LogP contribution in [0.15, 0.2) is 12.3 Å². The molecule has 2 rings (SSSR count). The van der Waals surface area contributed by atoms with Crippen molar-refractivity contribution in [1.29, 1.82) is 0 Å². The first-order chi connectivity index (χ1) is 8.66. The Bertz CT molecular complexity index is 403. The molecule has 1 aromatic heterocycles. The van der Waals surface area contributed by atoms with Crippen LogP contribution < -0.4 is 5.32 Å². The molecule has 1 heterocycles. The number of nitrogens with one attached hydrogen (secondary N) is 1. The van der Waals surface area contributed by atoms with Crippen LogP contribution in [-0.4, -0.2) is 33.4 Å². The van der Waals surface area contributed by atoms with Crippen LogP contribution in [0.25, 0.3) is 0 Å². The maximum atomic E-state index is 11.0. The van der Waals surface area contributed by atoms with Crippen molar-refractivity contribution in [2.45, 2.75) is 38.1 Å². The fourth-order valence-corrected chi connectivity index (χ4v) is 2.65. The van der Waals surface area contributed by atoms with E-state index in [1.165, 1.54) is 5.69 Å². The van der Waals surface area contributed by atoms with Crippen LogP contribution in [0.2, 0.25) is 0 Å². The molecule has 1 aromatic rings. The number of aryl methyl sites for hydroxylation is 1. The molecule has 1 aliphatic rings. The summed E-state index contributed by atoms with van der Waals surface area (Å²) in [4.78, 5) is 11.0. The van der Waals surface area contributed by atoms with Crippen molar-refractivity contribution in [3.05, 3.63) is 18.0 Å². The summed E-state index contributed by atoms with van der Waals surface area (Å²) in [5.41, 5.74) is 1.20. The Balaban J connectivity index is 1.73. The maximum Gasteiger partial charge on any atom is 0.306 e. The van der Waals surface area contributed by atoms with Gasteiger partial charge in [0, 0.05) is 37.9 Å². The molecule has 2 atom stereocenters. The van der Waals surface area contributed by atoms with Crippen LogP contribution in [0, 0.1) is 5.92 Å². The lowest BCUT2D eigenvalue weighted by atomic mass is 9.86. The number of aromatic nitrogens is 2. The Labute approximate surface area is 107 Å². The summed E-state index contributed by atoms with van der Waals surface area (Å²) >= 11 is 0. The number of carboxylic acid groups (broad SMARTS) is 1. The molecule has 0 saturated heterocycles. The van der Waals surface area contributed by atoms with Crippen LogP contribution in [-0.2, 0) is 18.3 Å². The Kier molecular flexibility index (Phi) is 4.36. The van der Waals surface area contributed by atoms with Gasteiger partial charge >= 0.3 is 5.97 Å². The number of nitrogens with zero attached hydrogens (tertiary/aromatic N) is 2. The molecular formula is C13H21N3O2. The van der Waals surface area contributed by atoms with Crippen molar-refractivity contribution in [2.75, 3.05) is 6.54 Å². The highest BCUT2D eigenvalue weighted by atomic mass is 16.4. The van der Waals surface area contributed by atoms with E-state index in [9.17, 15) is 4.79 Å². The first kappa shape index (κ1) is 13.1. The van der Waals surface area contributed by atoms with Gasteiger partial charge in [-0.2, -0.15) is 5.10 Å². The summed E-state index contributed by atoms with van der Waals surface area (Å²) in [6, 6.07) is 2.37. The Hall–Kier alpha value is -1.36. The SMILES string of the molecule is Cn1nccc1CCNC1CCCC(C(=O)O)C1. The molecule has 18 heavy (non-hydrogen) atoms. The monoisotopic (exact) mass is 251 g/mol. The third kappa shape index (κ3) is 3.32. The van der Waals surface area contributed by atoms with Crippen LogP contribution in [0.4, 0.5) is 0 Å². The van der Waals surface area contributed by atoms with Crippen LogP contribution in [0.1, 0.15) is 31.4 Å². The summed E-state index contributed by atoms with van der Waals surface area (Å²) < 4.78 is 1.88. The topological polar surface area (TPSA) is 67.2 Å². The average molecular weight is 251 g/mol. The zero-order valence-corrected chi connectivity index (χ0v) is 10.8. The highest BCUT2D eigenvalue weighted by Gasteiger charge is 2.26. The maximum absolute atomic E-state index is 11.0. The van der Waals surface area contributed by atoms with E-state index < -0.39 is 5.97 Å². The molecule has 0 bridgehead atoms. The third-order valence-electron chi connectivity index (χ3n) is 3.76. The molecule has 1 aliphatic carbocycles. The van der Waals surface area contributed by atoms with E-state index in [-0.39, 0.29) is 5.92 Å². The second-order valence-corrected chi connectivity index (χ2v) is 5.05. The molecule has 5 heteroatoms. The summed E-state index contributed by atoms with van der Waals surface area (Å²) in [5.74, 6) is -0.805. The molecule has 2 N–H and O–H groups in total.